The molecule has 39 heavy (non-hydrogen) atoms. The Kier molecular flexibility index (Phi) is 6.71. The summed E-state index contributed by atoms with van der Waals surface area (Å²) >= 11 is 3.28. The van der Waals surface area contributed by atoms with Crippen molar-refractivity contribution in [1.82, 2.24) is 9.47 Å². The van der Waals surface area contributed by atoms with Crippen LogP contribution in [0.2, 0.25) is 0 Å². The van der Waals surface area contributed by atoms with E-state index in [1.165, 1.54) is 28.0 Å². The van der Waals surface area contributed by atoms with E-state index in [0.29, 0.717) is 27.9 Å². The van der Waals surface area contributed by atoms with Gasteiger partial charge in [0.1, 0.15) is 11.8 Å². The zero-order valence-corrected chi connectivity index (χ0v) is 22.8. The maximum absolute atomic E-state index is 13.8. The molecule has 204 valence electrons. The van der Waals surface area contributed by atoms with E-state index < -0.39 is 46.3 Å². The first-order chi connectivity index (χ1) is 18.7. The lowest BCUT2D eigenvalue weighted by Gasteiger charge is -2.30. The number of carbonyl (C=O) groups excluding carboxylic acids is 3. The number of rotatable bonds is 4. The van der Waals surface area contributed by atoms with Gasteiger partial charge in [0, 0.05) is 28.8 Å². The van der Waals surface area contributed by atoms with Gasteiger partial charge in [0.25, 0.3) is 0 Å². The molecule has 0 saturated carbocycles. The van der Waals surface area contributed by atoms with E-state index in [2.05, 4.69) is 0 Å². The number of imide groups is 1. The number of likely N-dealkylation sites (tertiary alicyclic amines) is 1. The Labute approximate surface area is 233 Å². The first-order valence-electron chi connectivity index (χ1n) is 12.4. The third-order valence-electron chi connectivity index (χ3n) is 7.35. The lowest BCUT2D eigenvalue weighted by molar-refractivity contribution is -0.137. The van der Waals surface area contributed by atoms with Crippen LogP contribution in [0.5, 0.6) is 0 Å². The molecule has 13 heteroatoms. The van der Waals surface area contributed by atoms with Gasteiger partial charge in [-0.1, -0.05) is 41.3 Å². The van der Waals surface area contributed by atoms with Gasteiger partial charge in [0.05, 0.1) is 22.2 Å². The molecule has 3 aromatic rings. The van der Waals surface area contributed by atoms with E-state index in [4.69, 9.17) is 0 Å². The smallest absolute Gasteiger partial charge is 0.341 e. The minimum atomic E-state index is -4.76. The van der Waals surface area contributed by atoms with Gasteiger partial charge in [-0.2, -0.15) is 13.2 Å². The Morgan fingerprint density at radius 3 is 2.41 bits per heavy atom. The predicted molar refractivity (Wildman–Crippen MR) is 142 cm³/mol. The number of anilines is 1. The molecule has 2 aromatic heterocycles. The molecule has 3 aliphatic rings. The number of fused-ring (bicyclic) bond motifs is 2. The quantitative estimate of drug-likeness (QED) is 0.407. The molecule has 7 nitrogen and oxygen atoms in total. The zero-order valence-electron chi connectivity index (χ0n) is 20.3. The summed E-state index contributed by atoms with van der Waals surface area (Å²) < 4.78 is 42.9. The molecule has 5 heterocycles. The summed E-state index contributed by atoms with van der Waals surface area (Å²) in [5, 5.41) is 1.20. The maximum atomic E-state index is 13.8. The Bertz CT molecular complexity index is 1510. The average molecular weight is 594 g/mol. The molecule has 3 amide bonds. The SMILES string of the molecule is O=C(Cn1c2c(sc1=O)[C@@H](c1cccs1)[C@@H]1C(=O)N(c3ccccc3C(F)(F)F)C(=O)[C@@H]1S2)N1CCCCC1. The van der Waals surface area contributed by atoms with Crippen molar-refractivity contribution < 1.29 is 27.6 Å². The molecule has 0 aliphatic carbocycles. The van der Waals surface area contributed by atoms with Crippen LogP contribution in [0, 0.1) is 5.92 Å². The normalized spacial score (nSPS) is 23.2. The number of carbonyl (C=O) groups is 3. The van der Waals surface area contributed by atoms with Crippen molar-refractivity contribution in [3.8, 4) is 0 Å². The number of nitrogens with zero attached hydrogens (tertiary/aromatic N) is 3. The Morgan fingerprint density at radius 2 is 1.72 bits per heavy atom. The van der Waals surface area contributed by atoms with E-state index in [1.54, 1.807) is 17.0 Å². The highest BCUT2D eigenvalue weighted by atomic mass is 32.2. The summed E-state index contributed by atoms with van der Waals surface area (Å²) in [6.45, 7) is 1.06. The van der Waals surface area contributed by atoms with Gasteiger partial charge in [-0.05, 0) is 42.8 Å². The number of aromatic nitrogens is 1. The Morgan fingerprint density at radius 1 is 0.974 bits per heavy atom. The number of alkyl halides is 3. The van der Waals surface area contributed by atoms with Gasteiger partial charge in [-0.25, -0.2) is 4.90 Å². The van der Waals surface area contributed by atoms with Crippen LogP contribution in [0.3, 0.4) is 0 Å². The van der Waals surface area contributed by atoms with Gasteiger partial charge < -0.3 is 4.90 Å². The van der Waals surface area contributed by atoms with Crippen LogP contribution in [0.1, 0.15) is 40.5 Å². The highest BCUT2D eigenvalue weighted by Crippen LogP contribution is 2.55. The fourth-order valence-electron chi connectivity index (χ4n) is 5.55. The van der Waals surface area contributed by atoms with Crippen LogP contribution >= 0.6 is 34.4 Å². The standard InChI is InChI=1S/C26H22F3N3O4S3/c27-26(28,29)14-7-2-3-8-15(14)32-22(34)19-18(16-9-6-12-37-16)21-24(38-20(19)23(32)35)31(25(36)39-21)13-17(33)30-10-4-1-5-11-30/h2-3,6-9,12,18-20H,1,4-5,10-11,13H2/t18-,19-,20+/m0/s1. The minimum absolute atomic E-state index is 0.186. The number of benzene rings is 1. The maximum Gasteiger partial charge on any atom is 0.418 e. The molecular weight excluding hydrogens is 571 g/mol. The first kappa shape index (κ1) is 26.3. The van der Waals surface area contributed by atoms with Crippen LogP contribution in [0.15, 0.2) is 51.6 Å². The van der Waals surface area contributed by atoms with Crippen molar-refractivity contribution in [2.24, 2.45) is 5.92 Å². The molecule has 0 bridgehead atoms. The van der Waals surface area contributed by atoms with E-state index in [-0.39, 0.29) is 17.3 Å². The molecule has 3 atom stereocenters. The van der Waals surface area contributed by atoms with Crippen molar-refractivity contribution in [3.05, 3.63) is 66.8 Å². The number of hydrogen-bond acceptors (Lipinski definition) is 7. The molecule has 0 radical (unpaired) electrons. The number of amides is 3. The van der Waals surface area contributed by atoms with Crippen molar-refractivity contribution in [1.29, 1.82) is 0 Å². The second kappa shape index (κ2) is 9.93. The second-order valence-corrected chi connectivity index (χ2v) is 12.8. The molecule has 2 fully saturated rings. The summed E-state index contributed by atoms with van der Waals surface area (Å²) in [5.74, 6) is -3.35. The second-order valence-electron chi connectivity index (χ2n) is 9.65. The molecule has 1 aromatic carbocycles. The summed E-state index contributed by atoms with van der Waals surface area (Å²) in [6, 6.07) is 8.13. The van der Waals surface area contributed by atoms with Gasteiger partial charge in [-0.3, -0.25) is 23.7 Å². The van der Waals surface area contributed by atoms with Crippen molar-refractivity contribution in [2.75, 3.05) is 18.0 Å². The fourth-order valence-corrected chi connectivity index (χ4v) is 9.28. The van der Waals surface area contributed by atoms with Crippen LogP contribution in [-0.2, 0) is 27.1 Å². The van der Waals surface area contributed by atoms with Crippen molar-refractivity contribution in [2.45, 2.75) is 48.2 Å². The van der Waals surface area contributed by atoms with E-state index in [9.17, 15) is 32.3 Å². The number of thiophene rings is 1. The Balaban J connectivity index is 1.43. The van der Waals surface area contributed by atoms with Crippen molar-refractivity contribution >= 4 is 57.8 Å². The summed E-state index contributed by atoms with van der Waals surface area (Å²) in [5.41, 5.74) is -1.57. The molecular formula is C26H22F3N3O4S3. The zero-order chi connectivity index (χ0) is 27.5. The molecule has 3 aliphatic heterocycles. The van der Waals surface area contributed by atoms with E-state index in [1.807, 2.05) is 5.38 Å². The Hall–Kier alpha value is -2.90. The summed E-state index contributed by atoms with van der Waals surface area (Å²) in [4.78, 5) is 57.0. The monoisotopic (exact) mass is 593 g/mol. The minimum Gasteiger partial charge on any atom is -0.341 e. The molecule has 0 unspecified atom stereocenters. The molecule has 0 spiro atoms. The third kappa shape index (κ3) is 4.44. The first-order valence-corrected chi connectivity index (χ1v) is 15.0. The molecule has 2 saturated heterocycles. The molecule has 6 rings (SSSR count). The van der Waals surface area contributed by atoms with Gasteiger partial charge in [-0.15, -0.1) is 11.3 Å². The number of piperidine rings is 1. The van der Waals surface area contributed by atoms with E-state index >= 15 is 0 Å². The highest BCUT2D eigenvalue weighted by Gasteiger charge is 2.58. The molecule has 0 N–H and O–H groups in total. The van der Waals surface area contributed by atoms with Crippen LogP contribution in [0.4, 0.5) is 18.9 Å². The lowest BCUT2D eigenvalue weighted by Crippen LogP contribution is -2.39. The number of para-hydroxylation sites is 1. The summed E-state index contributed by atoms with van der Waals surface area (Å²) in [6.07, 6.45) is -1.93. The average Bonchev–Trinajstić information content (AvgIpc) is 3.61. The topological polar surface area (TPSA) is 79.7 Å². The van der Waals surface area contributed by atoms with Crippen molar-refractivity contribution in [3.63, 3.8) is 0 Å². The summed E-state index contributed by atoms with van der Waals surface area (Å²) in [7, 11) is 0. The van der Waals surface area contributed by atoms with Gasteiger partial charge in [0.15, 0.2) is 0 Å². The van der Waals surface area contributed by atoms with Gasteiger partial charge >= 0.3 is 11.0 Å². The predicted octanol–water partition coefficient (Wildman–Crippen LogP) is 4.80. The lowest BCUT2D eigenvalue weighted by atomic mass is 9.87. The number of thioether (sulfide) groups is 1. The largest absolute Gasteiger partial charge is 0.418 e. The number of thiazole rings is 1. The van der Waals surface area contributed by atoms with Crippen LogP contribution < -0.4 is 9.77 Å². The van der Waals surface area contributed by atoms with Crippen LogP contribution in [0.25, 0.3) is 0 Å². The number of hydrogen-bond donors (Lipinski definition) is 0. The third-order valence-corrected chi connectivity index (χ3v) is 10.9. The van der Waals surface area contributed by atoms with Gasteiger partial charge in [0.2, 0.25) is 17.7 Å². The number of halogens is 3. The highest BCUT2D eigenvalue weighted by molar-refractivity contribution is 8.00. The fraction of sp³-hybridized carbons (Fsp3) is 0.385. The van der Waals surface area contributed by atoms with E-state index in [0.717, 1.165) is 59.4 Å². The van der Waals surface area contributed by atoms with Crippen LogP contribution in [-0.4, -0.2) is 45.5 Å².